The highest BCUT2D eigenvalue weighted by Gasteiger charge is 1.81. The minimum atomic E-state index is 0.774. The molecule has 2 radical (unpaired) electrons. The van der Waals surface area contributed by atoms with Crippen LogP contribution in [-0.4, -0.2) is 0 Å². The third-order valence-corrected chi connectivity index (χ3v) is 1.06. The normalized spacial score (nSPS) is 8.62. The lowest BCUT2D eigenvalue weighted by Gasteiger charge is -1.91. The molecule has 0 bridgehead atoms. The fraction of sp³-hybridized carbons (Fsp3) is 0. The zero-order valence-corrected chi connectivity index (χ0v) is 5.14. The van der Waals surface area contributed by atoms with Crippen molar-refractivity contribution in [3.05, 3.63) is 30.3 Å². The topological polar surface area (TPSA) is 9.23 Å². The van der Waals surface area contributed by atoms with Crippen LogP contribution in [0.5, 0.6) is 5.75 Å². The van der Waals surface area contributed by atoms with Gasteiger partial charge in [-0.2, -0.15) is 0 Å². The Hall–Kier alpha value is -0.550. The Kier molecular flexibility index (Phi) is 1.87. The molecule has 1 aromatic rings. The highest BCUT2D eigenvalue weighted by molar-refractivity contribution is 7.10. The van der Waals surface area contributed by atoms with Gasteiger partial charge in [0.25, 0.3) is 0 Å². The first-order chi connectivity index (χ1) is 3.93. The summed E-state index contributed by atoms with van der Waals surface area (Å²) < 4.78 is 4.61. The highest BCUT2D eigenvalue weighted by Crippen LogP contribution is 2.09. The second kappa shape index (κ2) is 2.68. The first-order valence-corrected chi connectivity index (χ1v) is 2.66. The summed E-state index contributed by atoms with van der Waals surface area (Å²) in [5.41, 5.74) is 0. The van der Waals surface area contributed by atoms with Gasteiger partial charge in [-0.1, -0.05) is 18.2 Å². The second-order valence-corrected chi connectivity index (χ2v) is 1.59. The van der Waals surface area contributed by atoms with Gasteiger partial charge in [0.15, 0.2) is 0 Å². The van der Waals surface area contributed by atoms with Crippen molar-refractivity contribution in [3.63, 3.8) is 0 Å². The summed E-state index contributed by atoms with van der Waals surface area (Å²) in [5, 5.41) is 0. The number of hydrogen-bond donors (Lipinski definition) is 0. The van der Waals surface area contributed by atoms with Crippen LogP contribution >= 0.6 is 9.47 Å². The van der Waals surface area contributed by atoms with Crippen molar-refractivity contribution in [3.8, 4) is 5.75 Å². The van der Waals surface area contributed by atoms with Gasteiger partial charge < -0.3 is 4.52 Å². The van der Waals surface area contributed by atoms with E-state index < -0.39 is 0 Å². The van der Waals surface area contributed by atoms with Gasteiger partial charge in [0.05, 0.1) is 0 Å². The second-order valence-electron chi connectivity index (χ2n) is 1.40. The van der Waals surface area contributed by atoms with Crippen LogP contribution in [0.3, 0.4) is 0 Å². The van der Waals surface area contributed by atoms with Gasteiger partial charge in [-0.3, -0.25) is 0 Å². The number of rotatable bonds is 1. The van der Waals surface area contributed by atoms with Crippen molar-refractivity contribution in [2.24, 2.45) is 0 Å². The molecule has 0 aliphatic carbocycles. The standard InChI is InChI=1S/C6H5OP/c8-7-6-4-2-1-3-5-6/h1-5H. The largest absolute Gasteiger partial charge is 0.457 e. The molecule has 0 saturated carbocycles. The molecule has 0 unspecified atom stereocenters. The molecule has 0 aliphatic heterocycles. The van der Waals surface area contributed by atoms with Crippen molar-refractivity contribution in [1.82, 2.24) is 0 Å². The van der Waals surface area contributed by atoms with Crippen molar-refractivity contribution in [1.29, 1.82) is 0 Å². The summed E-state index contributed by atoms with van der Waals surface area (Å²) in [4.78, 5) is 0. The van der Waals surface area contributed by atoms with E-state index in [9.17, 15) is 0 Å². The predicted octanol–water partition coefficient (Wildman–Crippen LogP) is 2.39. The maximum atomic E-state index is 4.61. The molecular formula is C6H5OP. The van der Waals surface area contributed by atoms with E-state index in [2.05, 4.69) is 14.0 Å². The summed E-state index contributed by atoms with van der Waals surface area (Å²) in [5.74, 6) is 0.774. The first-order valence-electron chi connectivity index (χ1n) is 2.30. The van der Waals surface area contributed by atoms with E-state index in [-0.39, 0.29) is 0 Å². The first kappa shape index (κ1) is 5.58. The average Bonchev–Trinajstić information content (AvgIpc) is 1.90. The molecule has 1 aromatic carbocycles. The van der Waals surface area contributed by atoms with Crippen LogP contribution in [0.1, 0.15) is 0 Å². The SMILES string of the molecule is [P]Oc1ccccc1. The van der Waals surface area contributed by atoms with E-state index in [1.54, 1.807) is 0 Å². The van der Waals surface area contributed by atoms with Crippen molar-refractivity contribution in [2.75, 3.05) is 0 Å². The molecule has 0 saturated heterocycles. The molecule has 8 heavy (non-hydrogen) atoms. The fourth-order valence-corrected chi connectivity index (χ4v) is 0.603. The Morgan fingerprint density at radius 2 is 1.75 bits per heavy atom. The van der Waals surface area contributed by atoms with E-state index in [0.717, 1.165) is 5.75 Å². The van der Waals surface area contributed by atoms with Crippen LogP contribution in [0.15, 0.2) is 30.3 Å². The van der Waals surface area contributed by atoms with Crippen LogP contribution in [0.4, 0.5) is 0 Å². The number of para-hydroxylation sites is 1. The van der Waals surface area contributed by atoms with Gasteiger partial charge in [-0.05, 0) is 12.1 Å². The number of hydrogen-bond acceptors (Lipinski definition) is 1. The maximum Gasteiger partial charge on any atom is 0.232 e. The van der Waals surface area contributed by atoms with Gasteiger partial charge in [0.1, 0.15) is 5.75 Å². The van der Waals surface area contributed by atoms with Crippen LogP contribution < -0.4 is 4.52 Å². The third-order valence-electron chi connectivity index (χ3n) is 0.849. The fourth-order valence-electron chi connectivity index (χ4n) is 0.481. The van der Waals surface area contributed by atoms with Crippen molar-refractivity contribution in [2.45, 2.75) is 0 Å². The van der Waals surface area contributed by atoms with Crippen LogP contribution in [-0.2, 0) is 0 Å². The van der Waals surface area contributed by atoms with Crippen molar-refractivity contribution < 1.29 is 4.52 Å². The maximum absolute atomic E-state index is 4.61. The Morgan fingerprint density at radius 1 is 1.12 bits per heavy atom. The van der Waals surface area contributed by atoms with Gasteiger partial charge in [-0.15, -0.1) is 0 Å². The Morgan fingerprint density at radius 3 is 2.12 bits per heavy atom. The zero-order valence-electron chi connectivity index (χ0n) is 4.24. The van der Waals surface area contributed by atoms with Gasteiger partial charge >= 0.3 is 0 Å². The third kappa shape index (κ3) is 1.21. The summed E-state index contributed by atoms with van der Waals surface area (Å²) in [6, 6.07) is 9.40. The van der Waals surface area contributed by atoms with E-state index in [1.807, 2.05) is 30.3 Å². The number of benzene rings is 1. The lowest BCUT2D eigenvalue weighted by atomic mass is 10.3. The predicted molar refractivity (Wildman–Crippen MR) is 34.0 cm³/mol. The molecule has 0 heterocycles. The summed E-state index contributed by atoms with van der Waals surface area (Å²) in [6.07, 6.45) is 0. The molecule has 0 aromatic heterocycles. The smallest absolute Gasteiger partial charge is 0.232 e. The summed E-state index contributed by atoms with van der Waals surface area (Å²) in [6.45, 7) is 0. The lowest BCUT2D eigenvalue weighted by molar-refractivity contribution is 0.646. The van der Waals surface area contributed by atoms with Crippen molar-refractivity contribution >= 4 is 9.47 Å². The van der Waals surface area contributed by atoms with Gasteiger partial charge in [-0.25, -0.2) is 0 Å². The molecular weight excluding hydrogens is 119 g/mol. The molecule has 1 nitrogen and oxygen atoms in total. The Bertz CT molecular complexity index is 150. The molecule has 0 aliphatic rings. The Balaban J connectivity index is 2.83. The van der Waals surface area contributed by atoms with E-state index >= 15 is 0 Å². The Labute approximate surface area is 51.0 Å². The molecule has 0 spiro atoms. The van der Waals surface area contributed by atoms with Crippen LogP contribution in [0.2, 0.25) is 0 Å². The van der Waals surface area contributed by atoms with E-state index in [4.69, 9.17) is 0 Å². The zero-order chi connectivity index (χ0) is 5.82. The average molecular weight is 124 g/mol. The van der Waals surface area contributed by atoms with Crippen LogP contribution in [0, 0.1) is 0 Å². The quantitative estimate of drug-likeness (QED) is 0.522. The summed E-state index contributed by atoms with van der Waals surface area (Å²) >= 11 is 0. The van der Waals surface area contributed by atoms with E-state index in [0.29, 0.717) is 0 Å². The van der Waals surface area contributed by atoms with Crippen LogP contribution in [0.25, 0.3) is 0 Å². The monoisotopic (exact) mass is 124 g/mol. The minimum Gasteiger partial charge on any atom is -0.457 e. The molecule has 40 valence electrons. The molecule has 0 amide bonds. The minimum absolute atomic E-state index is 0.774. The molecule has 2 heteroatoms. The molecule has 0 fully saturated rings. The highest BCUT2D eigenvalue weighted by atomic mass is 31.0. The molecule has 0 atom stereocenters. The summed E-state index contributed by atoms with van der Waals surface area (Å²) in [7, 11) is 3.61. The van der Waals surface area contributed by atoms with E-state index in [1.165, 1.54) is 0 Å². The van der Waals surface area contributed by atoms with Gasteiger partial charge in [0, 0.05) is 0 Å². The lowest BCUT2D eigenvalue weighted by Crippen LogP contribution is -1.68. The van der Waals surface area contributed by atoms with Gasteiger partial charge in [0.2, 0.25) is 9.47 Å². The molecule has 1 rings (SSSR count). The molecule has 0 N–H and O–H groups in total.